The van der Waals surface area contributed by atoms with E-state index in [1.807, 2.05) is 13.8 Å². The zero-order chi connectivity index (χ0) is 23.4. The summed E-state index contributed by atoms with van der Waals surface area (Å²) in [6.07, 6.45) is 2.83. The molecule has 0 spiro atoms. The van der Waals surface area contributed by atoms with Crippen molar-refractivity contribution in [2.24, 2.45) is 0 Å². The van der Waals surface area contributed by atoms with E-state index in [0.29, 0.717) is 58.7 Å². The molecule has 10 heteroatoms. The second-order valence-corrected chi connectivity index (χ2v) is 10.6. The van der Waals surface area contributed by atoms with E-state index >= 15 is 0 Å². The van der Waals surface area contributed by atoms with Crippen LogP contribution in [0, 0.1) is 0 Å². The van der Waals surface area contributed by atoms with Crippen LogP contribution >= 0.6 is 11.3 Å². The van der Waals surface area contributed by atoms with Crippen LogP contribution in [-0.2, 0) is 10.0 Å². The van der Waals surface area contributed by atoms with Crippen molar-refractivity contribution in [1.29, 1.82) is 0 Å². The molecule has 0 aliphatic carbocycles. The lowest BCUT2D eigenvalue weighted by Gasteiger charge is -2.25. The molecule has 8 nitrogen and oxygen atoms in total. The van der Waals surface area contributed by atoms with Gasteiger partial charge in [-0.3, -0.25) is 10.1 Å². The number of sulfonamides is 1. The third-order valence-electron chi connectivity index (χ3n) is 5.34. The van der Waals surface area contributed by atoms with E-state index < -0.39 is 10.0 Å². The van der Waals surface area contributed by atoms with Crippen LogP contribution in [0.25, 0.3) is 10.2 Å². The van der Waals surface area contributed by atoms with Gasteiger partial charge in [0, 0.05) is 18.7 Å². The van der Waals surface area contributed by atoms with Gasteiger partial charge in [-0.25, -0.2) is 13.4 Å². The maximum Gasteiger partial charge on any atom is 0.257 e. The number of rotatable bonds is 8. The lowest BCUT2D eigenvalue weighted by Crippen LogP contribution is -2.35. The molecule has 2 heterocycles. The highest BCUT2D eigenvalue weighted by Crippen LogP contribution is 2.32. The lowest BCUT2D eigenvalue weighted by atomic mass is 10.2. The van der Waals surface area contributed by atoms with Gasteiger partial charge >= 0.3 is 0 Å². The molecule has 33 heavy (non-hydrogen) atoms. The largest absolute Gasteiger partial charge is 0.490 e. The highest BCUT2D eigenvalue weighted by molar-refractivity contribution is 7.89. The Bertz CT molecular complexity index is 1250. The number of benzene rings is 2. The predicted octanol–water partition coefficient (Wildman–Crippen LogP) is 4.52. The van der Waals surface area contributed by atoms with Gasteiger partial charge in [0.05, 0.1) is 28.3 Å². The fourth-order valence-electron chi connectivity index (χ4n) is 3.73. The maximum atomic E-state index is 13.0. The number of hydrogen-bond donors (Lipinski definition) is 1. The third-order valence-corrected chi connectivity index (χ3v) is 8.17. The Morgan fingerprint density at radius 1 is 1.03 bits per heavy atom. The van der Waals surface area contributed by atoms with Crippen molar-refractivity contribution in [2.75, 3.05) is 31.6 Å². The summed E-state index contributed by atoms with van der Waals surface area (Å²) in [4.78, 5) is 17.5. The summed E-state index contributed by atoms with van der Waals surface area (Å²) >= 11 is 1.24. The summed E-state index contributed by atoms with van der Waals surface area (Å²) in [5.74, 6) is 0.751. The Morgan fingerprint density at radius 2 is 1.76 bits per heavy atom. The van der Waals surface area contributed by atoms with E-state index in [1.54, 1.807) is 40.7 Å². The molecule has 0 atom stereocenters. The van der Waals surface area contributed by atoms with E-state index in [9.17, 15) is 13.2 Å². The SMILES string of the molecule is CCOc1ccc(C(=O)Nc2nc3ccc(S(=O)(=O)N4CCCCC4)cc3s2)cc1OCC. The molecule has 1 aromatic heterocycles. The van der Waals surface area contributed by atoms with E-state index in [1.165, 1.54) is 11.3 Å². The number of carbonyl (C=O) groups is 1. The molecule has 4 rings (SSSR count). The monoisotopic (exact) mass is 489 g/mol. The van der Waals surface area contributed by atoms with Crippen LogP contribution in [0.15, 0.2) is 41.3 Å². The van der Waals surface area contributed by atoms with Gasteiger partial charge in [-0.05, 0) is 63.1 Å². The first-order valence-corrected chi connectivity index (χ1v) is 13.3. The van der Waals surface area contributed by atoms with Crippen molar-refractivity contribution in [3.63, 3.8) is 0 Å². The molecule has 0 bridgehead atoms. The molecule has 1 saturated heterocycles. The molecule has 1 fully saturated rings. The van der Waals surface area contributed by atoms with Crippen molar-refractivity contribution >= 4 is 42.6 Å². The van der Waals surface area contributed by atoms with Crippen LogP contribution < -0.4 is 14.8 Å². The average Bonchev–Trinajstić information content (AvgIpc) is 3.22. The Hall–Kier alpha value is -2.69. The zero-order valence-electron chi connectivity index (χ0n) is 18.7. The summed E-state index contributed by atoms with van der Waals surface area (Å²) in [6.45, 7) is 5.79. The quantitative estimate of drug-likeness (QED) is 0.500. The van der Waals surface area contributed by atoms with E-state index in [0.717, 1.165) is 19.3 Å². The van der Waals surface area contributed by atoms with E-state index in [4.69, 9.17) is 9.47 Å². The summed E-state index contributed by atoms with van der Waals surface area (Å²) in [6, 6.07) is 9.91. The molecule has 1 aliphatic heterocycles. The Labute approximate surface area is 197 Å². The first-order chi connectivity index (χ1) is 15.9. The van der Waals surface area contributed by atoms with Crippen molar-refractivity contribution in [3.05, 3.63) is 42.0 Å². The molecule has 1 amide bonds. The number of amides is 1. The second kappa shape index (κ2) is 10.1. The van der Waals surface area contributed by atoms with Crippen molar-refractivity contribution < 1.29 is 22.7 Å². The standard InChI is InChI=1S/C23H27N3O5S2/c1-3-30-19-11-8-16(14-20(19)31-4-2)22(27)25-23-24-18-10-9-17(15-21(18)32-23)33(28,29)26-12-6-5-7-13-26/h8-11,14-15H,3-7,12-13H2,1-2H3,(H,24,25,27). The molecule has 1 aliphatic rings. The summed E-state index contributed by atoms with van der Waals surface area (Å²) in [5, 5.41) is 3.20. The molecule has 1 N–H and O–H groups in total. The minimum atomic E-state index is -3.53. The first-order valence-electron chi connectivity index (χ1n) is 11.0. The zero-order valence-corrected chi connectivity index (χ0v) is 20.3. The molecule has 176 valence electrons. The number of carbonyl (C=O) groups excluding carboxylic acids is 1. The second-order valence-electron chi connectivity index (χ2n) is 7.59. The summed E-state index contributed by atoms with van der Waals surface area (Å²) < 4.78 is 39.3. The first kappa shape index (κ1) is 23.5. The van der Waals surface area contributed by atoms with Gasteiger partial charge < -0.3 is 9.47 Å². The van der Waals surface area contributed by atoms with Gasteiger partial charge in [0.15, 0.2) is 16.6 Å². The average molecular weight is 490 g/mol. The molecule has 0 saturated carbocycles. The number of hydrogen-bond acceptors (Lipinski definition) is 7. The summed E-state index contributed by atoms with van der Waals surface area (Å²) in [7, 11) is -3.53. The normalized spacial score (nSPS) is 14.8. The van der Waals surface area contributed by atoms with Crippen molar-refractivity contribution in [3.8, 4) is 11.5 Å². The van der Waals surface area contributed by atoms with Crippen LogP contribution in [-0.4, -0.2) is 49.9 Å². The molecule has 0 unspecified atom stereocenters. The molecular formula is C23H27N3O5S2. The fourth-order valence-corrected chi connectivity index (χ4v) is 6.25. The number of aromatic nitrogens is 1. The fraction of sp³-hybridized carbons (Fsp3) is 0.391. The predicted molar refractivity (Wildman–Crippen MR) is 129 cm³/mol. The Kier molecular flexibility index (Phi) is 7.16. The molecule has 2 aromatic carbocycles. The van der Waals surface area contributed by atoms with Crippen LogP contribution in [0.5, 0.6) is 11.5 Å². The minimum absolute atomic E-state index is 0.256. The molecule has 3 aromatic rings. The van der Waals surface area contributed by atoms with Crippen LogP contribution in [0.3, 0.4) is 0 Å². The number of fused-ring (bicyclic) bond motifs is 1. The number of thiazole rings is 1. The maximum absolute atomic E-state index is 13.0. The number of nitrogens with zero attached hydrogens (tertiary/aromatic N) is 2. The van der Waals surface area contributed by atoms with Gasteiger partial charge in [-0.1, -0.05) is 17.8 Å². The Morgan fingerprint density at radius 3 is 2.48 bits per heavy atom. The van der Waals surface area contributed by atoms with Crippen LogP contribution in [0.2, 0.25) is 0 Å². The number of piperidine rings is 1. The van der Waals surface area contributed by atoms with Gasteiger partial charge in [-0.2, -0.15) is 4.31 Å². The van der Waals surface area contributed by atoms with E-state index in [-0.39, 0.29) is 10.8 Å². The van der Waals surface area contributed by atoms with E-state index in [2.05, 4.69) is 10.3 Å². The molecule has 0 radical (unpaired) electrons. The highest BCUT2D eigenvalue weighted by atomic mass is 32.2. The van der Waals surface area contributed by atoms with Gasteiger partial charge in [0.2, 0.25) is 10.0 Å². The van der Waals surface area contributed by atoms with Gasteiger partial charge in [-0.15, -0.1) is 0 Å². The van der Waals surface area contributed by atoms with Crippen molar-refractivity contribution in [1.82, 2.24) is 9.29 Å². The minimum Gasteiger partial charge on any atom is -0.490 e. The number of ether oxygens (including phenoxy) is 2. The smallest absolute Gasteiger partial charge is 0.257 e. The topological polar surface area (TPSA) is 97.8 Å². The number of anilines is 1. The lowest BCUT2D eigenvalue weighted by molar-refractivity contribution is 0.102. The Balaban J connectivity index is 1.55. The third kappa shape index (κ3) is 5.13. The molecular weight excluding hydrogens is 462 g/mol. The highest BCUT2D eigenvalue weighted by Gasteiger charge is 2.26. The number of nitrogens with one attached hydrogen (secondary N) is 1. The van der Waals surface area contributed by atoms with Gasteiger partial charge in [0.1, 0.15) is 0 Å². The van der Waals surface area contributed by atoms with Crippen LogP contribution in [0.4, 0.5) is 5.13 Å². The van der Waals surface area contributed by atoms with Gasteiger partial charge in [0.25, 0.3) is 5.91 Å². The summed E-state index contributed by atoms with van der Waals surface area (Å²) in [5.41, 5.74) is 1.05. The van der Waals surface area contributed by atoms with Crippen molar-refractivity contribution in [2.45, 2.75) is 38.0 Å². The van der Waals surface area contributed by atoms with Crippen LogP contribution in [0.1, 0.15) is 43.5 Å².